The molecule has 0 heterocycles. The molecule has 8 rings (SSSR count). The lowest BCUT2D eigenvalue weighted by Gasteiger charge is -2.24. The van der Waals surface area contributed by atoms with Gasteiger partial charge in [0.25, 0.3) is 0 Å². The van der Waals surface area contributed by atoms with Gasteiger partial charge in [0, 0.05) is 12.5 Å². The van der Waals surface area contributed by atoms with Crippen molar-refractivity contribution in [3.63, 3.8) is 0 Å². The summed E-state index contributed by atoms with van der Waals surface area (Å²) in [6, 6.07) is 54.9. The highest BCUT2D eigenvalue weighted by molar-refractivity contribution is 5.89. The van der Waals surface area contributed by atoms with Crippen molar-refractivity contribution in [1.29, 1.82) is 0 Å². The van der Waals surface area contributed by atoms with Gasteiger partial charge in [0.1, 0.15) is 104 Å². The van der Waals surface area contributed by atoms with Gasteiger partial charge in [-0.3, -0.25) is 4.79 Å². The van der Waals surface area contributed by atoms with Crippen LogP contribution in [-0.2, 0) is 71.7 Å². The highest BCUT2D eigenvalue weighted by Gasteiger charge is 2.28. The van der Waals surface area contributed by atoms with E-state index in [0.717, 1.165) is 100 Å². The number of carbonyl (C=O) groups is 3. The van der Waals surface area contributed by atoms with E-state index in [1.165, 1.54) is 130 Å². The summed E-state index contributed by atoms with van der Waals surface area (Å²) in [6.07, 6.45) is 28.1. The van der Waals surface area contributed by atoms with Gasteiger partial charge in [-0.15, -0.1) is 0 Å². The van der Waals surface area contributed by atoms with Crippen LogP contribution in [0.15, 0.2) is 176 Å². The number of rotatable bonds is 59. The number of amides is 2. The Morgan fingerprint density at radius 1 is 0.299 bits per heavy atom. The number of esters is 1. The van der Waals surface area contributed by atoms with Crippen molar-refractivity contribution in [3.8, 4) is 63.2 Å². The summed E-state index contributed by atoms with van der Waals surface area (Å²) in [5.74, 6) is 5.98. The van der Waals surface area contributed by atoms with E-state index in [1.54, 1.807) is 32.9 Å². The van der Waals surface area contributed by atoms with Gasteiger partial charge in [-0.2, -0.15) is 0 Å². The predicted octanol–water partition coefficient (Wildman–Crippen LogP) is 23.8. The minimum Gasteiger partial charge on any atom is -0.494 e. The molecule has 0 bridgehead atoms. The first kappa shape index (κ1) is 92.3. The van der Waals surface area contributed by atoms with Gasteiger partial charge in [-0.25, -0.2) is 9.59 Å². The van der Waals surface area contributed by atoms with Gasteiger partial charge in [-0.05, 0) is 195 Å². The van der Waals surface area contributed by atoms with Crippen molar-refractivity contribution < 1.29 is 76.0 Å². The second-order valence-electron chi connectivity index (χ2n) is 31.2. The fraction of sp³-hybridized carbons (Fsp3) is 0.485. The molecule has 634 valence electrons. The zero-order chi connectivity index (χ0) is 82.9. The molecular formula is C99H132N2O16. The van der Waals surface area contributed by atoms with Gasteiger partial charge >= 0.3 is 12.1 Å². The smallest absolute Gasteiger partial charge is 0.408 e. The van der Waals surface area contributed by atoms with Crippen molar-refractivity contribution in [3.05, 3.63) is 220 Å². The lowest BCUT2D eigenvalue weighted by Crippen LogP contribution is -2.52. The Balaban J connectivity index is 1.02. The van der Waals surface area contributed by atoms with Gasteiger partial charge < -0.3 is 72.2 Å². The molecule has 0 saturated carbocycles. The number of benzene rings is 8. The number of methoxy groups -OCH3 is 1. The first-order chi connectivity index (χ1) is 57.0. The summed E-state index contributed by atoms with van der Waals surface area (Å²) in [6.45, 7) is 20.0. The monoisotopic (exact) mass is 1600 g/mol. The molecule has 18 nitrogen and oxygen atoms in total. The zero-order valence-electron chi connectivity index (χ0n) is 71.4. The number of ether oxygens (including phenoxy) is 13. The third kappa shape index (κ3) is 36.9. The SMILES string of the molecule is CCCCCCCCOc1ccc(COc2ccc(COc3cc(COc4ccc(CC(NC(=O)OC(C)(C)C)C(=O)NC(C)C(=O)OC)cc4)cc(OCc4ccc(OCc5ccc(OCCCCCCCC)cc5)c(OCc5ccc(OCCCCCCCC)cc5)c4)c3)cc2OCc2ccc(OCCCCCCCC)cc2)cc1. The zero-order valence-corrected chi connectivity index (χ0v) is 71.4. The second kappa shape index (κ2) is 53.2. The van der Waals surface area contributed by atoms with E-state index in [9.17, 15) is 14.4 Å². The van der Waals surface area contributed by atoms with Crippen LogP contribution < -0.4 is 62.7 Å². The third-order valence-electron chi connectivity index (χ3n) is 19.8. The van der Waals surface area contributed by atoms with Crippen molar-refractivity contribution in [2.45, 2.75) is 280 Å². The molecule has 0 saturated heterocycles. The summed E-state index contributed by atoms with van der Waals surface area (Å²) in [5.41, 5.74) is 6.22. The summed E-state index contributed by atoms with van der Waals surface area (Å²) in [5, 5.41) is 5.33. The highest BCUT2D eigenvalue weighted by atomic mass is 16.6. The van der Waals surface area contributed by atoms with Crippen LogP contribution in [0.4, 0.5) is 4.79 Å². The Bertz CT molecular complexity index is 3890. The van der Waals surface area contributed by atoms with Crippen LogP contribution in [-0.4, -0.2) is 69.2 Å². The molecule has 117 heavy (non-hydrogen) atoms. The van der Waals surface area contributed by atoms with Crippen LogP contribution in [0.25, 0.3) is 0 Å². The molecule has 0 radical (unpaired) electrons. The van der Waals surface area contributed by atoms with E-state index in [0.29, 0.717) is 85.5 Å². The van der Waals surface area contributed by atoms with E-state index in [1.807, 2.05) is 164 Å². The van der Waals surface area contributed by atoms with Gasteiger partial charge in [0.05, 0.1) is 33.5 Å². The van der Waals surface area contributed by atoms with Crippen LogP contribution in [0.5, 0.6) is 63.2 Å². The molecule has 0 spiro atoms. The van der Waals surface area contributed by atoms with Crippen LogP contribution in [0.1, 0.15) is 254 Å². The first-order valence-corrected chi connectivity index (χ1v) is 43.2. The number of alkyl carbamates (subject to hydrolysis) is 1. The van der Waals surface area contributed by atoms with Crippen LogP contribution in [0, 0.1) is 0 Å². The standard InChI is InChI=1S/C99H132N2O16/c1-10-14-18-22-26-30-58-106-84-48-36-77(37-49-84)68-113-92-56-44-81(65-94(92)115-70-79-40-52-86(53-41-79)108-60-32-28-24-20-16-12-3)72-111-89-62-83(74-110-88-46-34-76(35-47-88)64-91(101-98(104)117-99(6,7)8)96(102)100-75(5)97(103)105-9)63-90(67-89)112-73-82-45-57-93(114-69-78-38-50-85(51-39-78)107-59-31-27-23-19-15-11-2)95(66-82)116-71-80-42-54-87(55-43-80)109-61-33-29-25-21-17-13-4/h34-57,62-63,65-67,75,91H,10-33,58-61,64,68-74H2,1-9H3,(H,100,102)(H,101,104). The average molecular weight is 1610 g/mol. The Labute approximate surface area is 698 Å². The van der Waals surface area contributed by atoms with Crippen molar-refractivity contribution in [2.24, 2.45) is 0 Å². The number of hydrogen-bond acceptors (Lipinski definition) is 16. The maximum Gasteiger partial charge on any atom is 0.408 e. The number of hydrogen-bond donors (Lipinski definition) is 2. The summed E-state index contributed by atoms with van der Waals surface area (Å²) < 4.78 is 81.2. The Morgan fingerprint density at radius 2 is 0.590 bits per heavy atom. The molecule has 2 amide bonds. The van der Waals surface area contributed by atoms with Gasteiger partial charge in [-0.1, -0.05) is 229 Å². The maximum atomic E-state index is 13.6. The Hall–Kier alpha value is -10.2. The molecule has 0 aliphatic rings. The number of carbonyl (C=O) groups excluding carboxylic acids is 3. The highest BCUT2D eigenvalue weighted by Crippen LogP contribution is 2.35. The van der Waals surface area contributed by atoms with E-state index in [2.05, 4.69) is 38.3 Å². The summed E-state index contributed by atoms with van der Waals surface area (Å²) >= 11 is 0. The van der Waals surface area contributed by atoms with Gasteiger partial charge in [0.2, 0.25) is 5.91 Å². The molecule has 0 aliphatic carbocycles. The average Bonchev–Trinajstić information content (AvgIpc) is 0.842. The molecule has 2 atom stereocenters. The Kier molecular flexibility index (Phi) is 41.9. The molecule has 2 N–H and O–H groups in total. The topological polar surface area (TPSA) is 195 Å². The van der Waals surface area contributed by atoms with Crippen molar-refractivity contribution in [2.75, 3.05) is 33.5 Å². The number of nitrogens with one attached hydrogen (secondary N) is 2. The fourth-order valence-electron chi connectivity index (χ4n) is 13.0. The molecule has 0 aliphatic heterocycles. The molecule has 18 heteroatoms. The lowest BCUT2D eigenvalue weighted by molar-refractivity contribution is -0.144. The van der Waals surface area contributed by atoms with E-state index in [4.69, 9.17) is 61.6 Å². The minimum atomic E-state index is -1.09. The molecule has 0 aromatic heterocycles. The summed E-state index contributed by atoms with van der Waals surface area (Å²) in [4.78, 5) is 39.0. The quantitative estimate of drug-likeness (QED) is 0.0270. The largest absolute Gasteiger partial charge is 0.494 e. The van der Waals surface area contributed by atoms with Crippen LogP contribution in [0.3, 0.4) is 0 Å². The predicted molar refractivity (Wildman–Crippen MR) is 464 cm³/mol. The van der Waals surface area contributed by atoms with Gasteiger partial charge in [0.15, 0.2) is 23.0 Å². The normalized spacial score (nSPS) is 11.7. The van der Waals surface area contributed by atoms with E-state index in [-0.39, 0.29) is 39.5 Å². The van der Waals surface area contributed by atoms with Crippen LogP contribution in [0.2, 0.25) is 0 Å². The van der Waals surface area contributed by atoms with E-state index >= 15 is 0 Å². The maximum absolute atomic E-state index is 13.6. The molecular weight excluding hydrogens is 1470 g/mol. The molecule has 2 unspecified atom stereocenters. The molecule has 8 aromatic carbocycles. The van der Waals surface area contributed by atoms with Crippen molar-refractivity contribution in [1.82, 2.24) is 10.6 Å². The minimum absolute atomic E-state index is 0.0757. The lowest BCUT2D eigenvalue weighted by atomic mass is 10.0. The van der Waals surface area contributed by atoms with E-state index < -0.39 is 35.7 Å². The molecule has 8 aromatic rings. The van der Waals surface area contributed by atoms with Crippen molar-refractivity contribution >= 4 is 18.0 Å². The second-order valence-corrected chi connectivity index (χ2v) is 31.2. The fourth-order valence-corrected chi connectivity index (χ4v) is 13.0. The van der Waals surface area contributed by atoms with Crippen LogP contribution >= 0.6 is 0 Å². The number of unbranched alkanes of at least 4 members (excludes halogenated alkanes) is 20. The molecule has 0 fully saturated rings. The summed E-state index contributed by atoms with van der Waals surface area (Å²) in [7, 11) is 1.24. The Morgan fingerprint density at radius 3 is 0.932 bits per heavy atom. The first-order valence-electron chi connectivity index (χ1n) is 43.2. The third-order valence-corrected chi connectivity index (χ3v) is 19.8.